The van der Waals surface area contributed by atoms with Crippen molar-refractivity contribution in [2.24, 2.45) is 10.4 Å². The Bertz CT molecular complexity index is 1850. The van der Waals surface area contributed by atoms with E-state index in [4.69, 9.17) is 14.7 Å². The van der Waals surface area contributed by atoms with Gasteiger partial charge in [0.25, 0.3) is 0 Å². The van der Waals surface area contributed by atoms with E-state index >= 15 is 8.78 Å². The number of carbonyl (C=O) groups excluding carboxylic acids is 1. The first-order chi connectivity index (χ1) is 21.5. The summed E-state index contributed by atoms with van der Waals surface area (Å²) in [5.74, 6) is -2.46. The largest absolute Gasteiger partial charge is 0.406 e. The van der Waals surface area contributed by atoms with Crippen LogP contribution in [-0.4, -0.2) is 41.3 Å². The van der Waals surface area contributed by atoms with E-state index in [0.717, 1.165) is 11.8 Å². The van der Waals surface area contributed by atoms with Crippen LogP contribution in [0.3, 0.4) is 0 Å². The lowest BCUT2D eigenvalue weighted by molar-refractivity contribution is 0.0617. The average Bonchev–Trinajstić information content (AvgIpc) is 3.49. The summed E-state index contributed by atoms with van der Waals surface area (Å²) in [6, 6.07) is 12.8. The Morgan fingerprint density at radius 3 is 2.67 bits per heavy atom. The molecule has 0 saturated carbocycles. The van der Waals surface area contributed by atoms with Crippen molar-refractivity contribution in [2.75, 3.05) is 22.9 Å². The van der Waals surface area contributed by atoms with Gasteiger partial charge in [0, 0.05) is 42.0 Å². The van der Waals surface area contributed by atoms with Gasteiger partial charge in [-0.05, 0) is 61.1 Å². The number of nitrogens with zero attached hydrogens (tertiary/aromatic N) is 5. The number of ether oxygens (including phenoxy) is 1. The maximum atomic E-state index is 15.9. The smallest absolute Gasteiger partial charge is 0.346 e. The van der Waals surface area contributed by atoms with E-state index in [2.05, 4.69) is 25.8 Å². The zero-order chi connectivity index (χ0) is 31.9. The van der Waals surface area contributed by atoms with Crippen molar-refractivity contribution in [3.63, 3.8) is 0 Å². The minimum absolute atomic E-state index is 0.0210. The number of benzene rings is 2. The number of para-hydroxylation sites is 1. The number of hydrogen-bond acceptors (Lipinski definition) is 7. The number of rotatable bonds is 6. The second kappa shape index (κ2) is 12.0. The van der Waals surface area contributed by atoms with Crippen LogP contribution < -0.4 is 9.80 Å². The highest BCUT2D eigenvalue weighted by molar-refractivity contribution is 5.94. The zero-order valence-electron chi connectivity index (χ0n) is 25.7. The van der Waals surface area contributed by atoms with Gasteiger partial charge < -0.3 is 9.64 Å². The standard InChI is InChI=1S/C35H34F3N5O2/c1-5-25-26(36)11-12-29(31(25)38)43-30(45-34(44)23-16-21-8-6-7-9-28(21)39-18-23)13-10-22-17-27(37)33(41-32(22)43)42-15-14-24(19-42)40-20-35(2,3)4/h6-9,11-13,16-18,20,24H,5,10,14-15,19H2,1-4H3. The van der Waals surface area contributed by atoms with Crippen LogP contribution in [0.1, 0.15) is 55.6 Å². The molecule has 2 aliphatic heterocycles. The van der Waals surface area contributed by atoms with Crippen LogP contribution in [-0.2, 0) is 17.6 Å². The van der Waals surface area contributed by atoms with Crippen LogP contribution in [0.5, 0.6) is 0 Å². The molecule has 1 saturated heterocycles. The van der Waals surface area contributed by atoms with Crippen LogP contribution >= 0.6 is 0 Å². The van der Waals surface area contributed by atoms with Gasteiger partial charge in [-0.3, -0.25) is 14.9 Å². The quantitative estimate of drug-likeness (QED) is 0.164. The molecule has 0 N–H and O–H groups in total. The molecule has 1 fully saturated rings. The van der Waals surface area contributed by atoms with Crippen molar-refractivity contribution < 1.29 is 22.7 Å². The monoisotopic (exact) mass is 613 g/mol. The Labute approximate surface area is 260 Å². The van der Waals surface area contributed by atoms with Crippen molar-refractivity contribution in [1.29, 1.82) is 0 Å². The number of fused-ring (bicyclic) bond motifs is 2. The molecule has 0 aliphatic carbocycles. The number of anilines is 3. The summed E-state index contributed by atoms with van der Waals surface area (Å²) in [7, 11) is 0. The molecule has 1 unspecified atom stereocenters. The lowest BCUT2D eigenvalue weighted by Crippen LogP contribution is -2.29. The molecule has 45 heavy (non-hydrogen) atoms. The maximum absolute atomic E-state index is 15.9. The molecule has 10 heteroatoms. The summed E-state index contributed by atoms with van der Waals surface area (Å²) < 4.78 is 52.0. The van der Waals surface area contributed by atoms with E-state index in [1.54, 1.807) is 19.1 Å². The molecule has 4 heterocycles. The molecule has 0 amide bonds. The summed E-state index contributed by atoms with van der Waals surface area (Å²) in [5.41, 5.74) is 1.11. The van der Waals surface area contributed by atoms with Crippen LogP contribution in [0.25, 0.3) is 10.9 Å². The molecule has 0 radical (unpaired) electrons. The van der Waals surface area contributed by atoms with Gasteiger partial charge in [-0.2, -0.15) is 0 Å². The first kappa shape index (κ1) is 30.3. The number of esters is 1. The van der Waals surface area contributed by atoms with Gasteiger partial charge in [-0.1, -0.05) is 45.9 Å². The molecule has 2 aromatic heterocycles. The van der Waals surface area contributed by atoms with E-state index in [-0.39, 0.29) is 58.6 Å². The summed E-state index contributed by atoms with van der Waals surface area (Å²) in [6.45, 7) is 8.84. The van der Waals surface area contributed by atoms with Gasteiger partial charge in [-0.25, -0.2) is 22.9 Å². The summed E-state index contributed by atoms with van der Waals surface area (Å²) in [4.78, 5) is 30.3. The topological polar surface area (TPSA) is 70.9 Å². The molecule has 0 spiro atoms. The van der Waals surface area contributed by atoms with E-state index in [1.807, 2.05) is 35.4 Å². The first-order valence-corrected chi connectivity index (χ1v) is 15.0. The van der Waals surface area contributed by atoms with Gasteiger partial charge in [0.05, 0.1) is 22.8 Å². The average molecular weight is 614 g/mol. The second-order valence-corrected chi connectivity index (χ2v) is 12.4. The van der Waals surface area contributed by atoms with Crippen molar-refractivity contribution >= 4 is 40.4 Å². The van der Waals surface area contributed by atoms with Crippen molar-refractivity contribution in [1.82, 2.24) is 9.97 Å². The number of pyridine rings is 2. The van der Waals surface area contributed by atoms with Crippen molar-refractivity contribution in [2.45, 2.75) is 53.0 Å². The zero-order valence-corrected chi connectivity index (χ0v) is 25.7. The first-order valence-electron chi connectivity index (χ1n) is 15.0. The third-order valence-corrected chi connectivity index (χ3v) is 7.86. The highest BCUT2D eigenvalue weighted by Gasteiger charge is 2.33. The predicted molar refractivity (Wildman–Crippen MR) is 170 cm³/mol. The van der Waals surface area contributed by atoms with Gasteiger partial charge in [0.1, 0.15) is 11.6 Å². The molecule has 7 nitrogen and oxygen atoms in total. The van der Waals surface area contributed by atoms with E-state index in [9.17, 15) is 9.18 Å². The normalized spacial score (nSPS) is 16.8. The minimum Gasteiger partial charge on any atom is -0.406 e. The van der Waals surface area contributed by atoms with Gasteiger partial charge in [0.2, 0.25) is 5.88 Å². The van der Waals surface area contributed by atoms with Crippen LogP contribution in [0.4, 0.5) is 30.5 Å². The Morgan fingerprint density at radius 2 is 1.89 bits per heavy atom. The van der Waals surface area contributed by atoms with Crippen LogP contribution in [0.2, 0.25) is 0 Å². The summed E-state index contributed by atoms with van der Waals surface area (Å²) >= 11 is 0. The Morgan fingerprint density at radius 1 is 1.09 bits per heavy atom. The van der Waals surface area contributed by atoms with Crippen molar-refractivity contribution in [3.8, 4) is 0 Å². The van der Waals surface area contributed by atoms with E-state index in [0.29, 0.717) is 24.2 Å². The highest BCUT2D eigenvalue weighted by Crippen LogP contribution is 2.41. The lowest BCUT2D eigenvalue weighted by atomic mass is 9.99. The number of allylic oxidation sites excluding steroid dienone is 1. The molecule has 2 aromatic carbocycles. The molecule has 1 atom stereocenters. The van der Waals surface area contributed by atoms with Crippen LogP contribution in [0, 0.1) is 22.9 Å². The minimum atomic E-state index is -0.815. The fourth-order valence-electron chi connectivity index (χ4n) is 5.59. The number of hydrogen-bond donors (Lipinski definition) is 0. The van der Waals surface area contributed by atoms with E-state index in [1.165, 1.54) is 29.3 Å². The van der Waals surface area contributed by atoms with Crippen molar-refractivity contribution in [3.05, 3.63) is 101 Å². The predicted octanol–water partition coefficient (Wildman–Crippen LogP) is 7.70. The van der Waals surface area contributed by atoms with Gasteiger partial charge >= 0.3 is 5.97 Å². The third kappa shape index (κ3) is 6.14. The Hall–Kier alpha value is -4.73. The molecule has 4 aromatic rings. The fourth-order valence-corrected chi connectivity index (χ4v) is 5.59. The number of halogens is 3. The van der Waals surface area contributed by atoms with E-state index < -0.39 is 23.4 Å². The molecule has 6 rings (SSSR count). The number of carbonyl (C=O) groups is 1. The molecular weight excluding hydrogens is 579 g/mol. The highest BCUT2D eigenvalue weighted by atomic mass is 19.1. The molecule has 2 aliphatic rings. The summed E-state index contributed by atoms with van der Waals surface area (Å²) in [6.07, 6.45) is 5.90. The Kier molecular flexibility index (Phi) is 8.07. The molecule has 232 valence electrons. The van der Waals surface area contributed by atoms with Gasteiger partial charge in [0.15, 0.2) is 17.5 Å². The third-order valence-electron chi connectivity index (χ3n) is 7.86. The Balaban J connectivity index is 1.39. The fraction of sp³-hybridized carbons (Fsp3) is 0.314. The maximum Gasteiger partial charge on any atom is 0.346 e. The van der Waals surface area contributed by atoms with Crippen LogP contribution in [0.15, 0.2) is 71.7 Å². The number of aromatic nitrogens is 2. The molecular formula is C35H34F3N5O2. The van der Waals surface area contributed by atoms with Gasteiger partial charge in [-0.15, -0.1) is 0 Å². The summed E-state index contributed by atoms with van der Waals surface area (Å²) in [5, 5.41) is 0.751. The second-order valence-electron chi connectivity index (χ2n) is 12.4. The SMILES string of the molecule is CCc1c(F)ccc(N2C(OC(=O)c3cnc4ccccc4c3)=CCc3cc(F)c(N4CCC(N=CC(C)(C)C)C4)nc32)c1F. The number of aliphatic imine (C=N–C) groups is 1. The molecule has 0 bridgehead atoms. The lowest BCUT2D eigenvalue weighted by Gasteiger charge is -2.32.